The molecule has 3 atom stereocenters. The number of hydrogen-bond donors (Lipinski definition) is 2. The minimum absolute atomic E-state index is 0.0475. The van der Waals surface area contributed by atoms with Gasteiger partial charge < -0.3 is 15.5 Å². The Hall–Kier alpha value is -1.39. The Kier molecular flexibility index (Phi) is 4.56. The first kappa shape index (κ1) is 14.5. The molecule has 0 aliphatic carbocycles. The quantitative estimate of drug-likeness (QED) is 0.860. The largest absolute Gasteiger partial charge is 0.349 e. The van der Waals surface area contributed by atoms with Gasteiger partial charge in [0, 0.05) is 26.6 Å². The molecule has 4 heteroatoms. The maximum Gasteiger partial charge on any atom is 0.217 e. The molecule has 2 fully saturated rings. The molecule has 21 heavy (non-hydrogen) atoms. The Morgan fingerprint density at radius 1 is 1.29 bits per heavy atom. The number of likely N-dealkylation sites (tertiary alicyclic amines) is 1. The lowest BCUT2D eigenvalue weighted by Crippen LogP contribution is -2.32. The average Bonchev–Trinajstić information content (AvgIpc) is 3.05. The molecule has 1 aromatic rings. The fourth-order valence-corrected chi connectivity index (χ4v) is 3.70. The van der Waals surface area contributed by atoms with Gasteiger partial charge in [0.15, 0.2) is 0 Å². The third-order valence-electron chi connectivity index (χ3n) is 4.78. The molecule has 0 spiro atoms. The van der Waals surface area contributed by atoms with Crippen LogP contribution in [0.1, 0.15) is 24.9 Å². The summed E-state index contributed by atoms with van der Waals surface area (Å²) in [7, 11) is 0. The summed E-state index contributed by atoms with van der Waals surface area (Å²) >= 11 is 0. The zero-order chi connectivity index (χ0) is 14.7. The molecule has 4 nitrogen and oxygen atoms in total. The van der Waals surface area contributed by atoms with Crippen molar-refractivity contribution in [3.63, 3.8) is 0 Å². The summed E-state index contributed by atoms with van der Waals surface area (Å²) in [6, 6.07) is 10.4. The van der Waals surface area contributed by atoms with E-state index >= 15 is 0 Å². The van der Waals surface area contributed by atoms with Crippen LogP contribution in [-0.4, -0.2) is 43.5 Å². The molecule has 0 saturated carbocycles. The van der Waals surface area contributed by atoms with Crippen molar-refractivity contribution in [1.82, 2.24) is 15.5 Å². The minimum Gasteiger partial charge on any atom is -0.349 e. The molecule has 0 aromatic heterocycles. The predicted octanol–water partition coefficient (Wildman–Crippen LogP) is 1.41. The van der Waals surface area contributed by atoms with E-state index in [4.69, 9.17) is 0 Å². The number of fused-ring (bicyclic) bond motifs is 1. The second kappa shape index (κ2) is 6.58. The van der Waals surface area contributed by atoms with E-state index in [1.165, 1.54) is 31.7 Å². The van der Waals surface area contributed by atoms with Crippen molar-refractivity contribution in [2.24, 2.45) is 11.8 Å². The number of amides is 1. The lowest BCUT2D eigenvalue weighted by atomic mass is 10.0. The average molecular weight is 287 g/mol. The molecule has 2 N–H and O–H groups in total. The van der Waals surface area contributed by atoms with Crippen molar-refractivity contribution < 1.29 is 4.79 Å². The summed E-state index contributed by atoms with van der Waals surface area (Å²) in [6.45, 7) is 7.43. The van der Waals surface area contributed by atoms with Crippen LogP contribution < -0.4 is 10.6 Å². The molecule has 1 amide bonds. The molecular formula is C17H25N3O. The predicted molar refractivity (Wildman–Crippen MR) is 83.9 cm³/mol. The Balaban J connectivity index is 1.56. The van der Waals surface area contributed by atoms with E-state index in [9.17, 15) is 4.79 Å². The van der Waals surface area contributed by atoms with Crippen molar-refractivity contribution in [3.05, 3.63) is 35.9 Å². The number of nitrogens with zero attached hydrogens (tertiary/aromatic N) is 1. The van der Waals surface area contributed by atoms with Crippen LogP contribution in [0.25, 0.3) is 0 Å². The smallest absolute Gasteiger partial charge is 0.217 e. The number of nitrogens with one attached hydrogen (secondary N) is 2. The van der Waals surface area contributed by atoms with Crippen molar-refractivity contribution in [2.75, 3.05) is 32.7 Å². The first-order chi connectivity index (χ1) is 10.2. The summed E-state index contributed by atoms with van der Waals surface area (Å²) in [5.41, 5.74) is 1.20. The van der Waals surface area contributed by atoms with Crippen LogP contribution in [0.5, 0.6) is 0 Å². The zero-order valence-electron chi connectivity index (χ0n) is 12.7. The molecule has 0 radical (unpaired) electrons. The van der Waals surface area contributed by atoms with Crippen LogP contribution in [-0.2, 0) is 4.79 Å². The fraction of sp³-hybridized carbons (Fsp3) is 0.588. The number of hydrogen-bond acceptors (Lipinski definition) is 3. The van der Waals surface area contributed by atoms with Gasteiger partial charge in [-0.15, -0.1) is 0 Å². The van der Waals surface area contributed by atoms with Gasteiger partial charge in [-0.3, -0.25) is 4.79 Å². The highest BCUT2D eigenvalue weighted by Gasteiger charge is 2.35. The second-order valence-electron chi connectivity index (χ2n) is 6.39. The molecule has 1 aromatic carbocycles. The highest BCUT2D eigenvalue weighted by molar-refractivity contribution is 5.73. The molecule has 2 saturated heterocycles. The maximum atomic E-state index is 11.5. The SMILES string of the molecule is CC(=O)N[C@@H](CCN1CC2CNCC2C1)c1ccccc1. The highest BCUT2D eigenvalue weighted by Crippen LogP contribution is 2.27. The molecule has 114 valence electrons. The molecule has 2 aliphatic heterocycles. The van der Waals surface area contributed by atoms with E-state index in [0.717, 1.165) is 24.8 Å². The van der Waals surface area contributed by atoms with Crippen LogP contribution in [0.15, 0.2) is 30.3 Å². The van der Waals surface area contributed by atoms with E-state index in [1.54, 1.807) is 6.92 Å². The monoisotopic (exact) mass is 287 g/mol. The van der Waals surface area contributed by atoms with Crippen LogP contribution in [0.2, 0.25) is 0 Å². The van der Waals surface area contributed by atoms with E-state index in [0.29, 0.717) is 0 Å². The Bertz CT molecular complexity index is 464. The Morgan fingerprint density at radius 3 is 2.57 bits per heavy atom. The van der Waals surface area contributed by atoms with Gasteiger partial charge in [-0.2, -0.15) is 0 Å². The van der Waals surface area contributed by atoms with Crippen LogP contribution >= 0.6 is 0 Å². The highest BCUT2D eigenvalue weighted by atomic mass is 16.1. The molecule has 3 rings (SSSR count). The Morgan fingerprint density at radius 2 is 1.95 bits per heavy atom. The normalized spacial score (nSPS) is 26.5. The van der Waals surface area contributed by atoms with Crippen molar-refractivity contribution in [2.45, 2.75) is 19.4 Å². The summed E-state index contributed by atoms with van der Waals surface area (Å²) in [6.07, 6.45) is 0.983. The van der Waals surface area contributed by atoms with E-state index in [2.05, 4.69) is 27.7 Å². The second-order valence-corrected chi connectivity index (χ2v) is 6.39. The molecule has 2 unspecified atom stereocenters. The third-order valence-corrected chi connectivity index (χ3v) is 4.78. The summed E-state index contributed by atoms with van der Waals surface area (Å²) < 4.78 is 0. The van der Waals surface area contributed by atoms with Gasteiger partial charge >= 0.3 is 0 Å². The van der Waals surface area contributed by atoms with Gasteiger partial charge in [-0.05, 0) is 36.9 Å². The topological polar surface area (TPSA) is 44.4 Å². The number of rotatable bonds is 5. The van der Waals surface area contributed by atoms with Crippen molar-refractivity contribution in [1.29, 1.82) is 0 Å². The number of carbonyl (C=O) groups is 1. The standard InChI is InChI=1S/C17H25N3O/c1-13(21)19-17(14-5-3-2-4-6-14)7-8-20-11-15-9-18-10-16(15)12-20/h2-6,15-18H,7-12H2,1H3,(H,19,21)/t15?,16?,17-/m0/s1. The maximum absolute atomic E-state index is 11.5. The van der Waals surface area contributed by atoms with Gasteiger partial charge in [0.1, 0.15) is 0 Å². The first-order valence-electron chi connectivity index (χ1n) is 7.97. The molecule has 0 bridgehead atoms. The summed E-state index contributed by atoms with van der Waals surface area (Å²) in [5.74, 6) is 1.72. The van der Waals surface area contributed by atoms with Gasteiger partial charge in [0.25, 0.3) is 0 Å². The van der Waals surface area contributed by atoms with Gasteiger partial charge in [-0.1, -0.05) is 30.3 Å². The van der Waals surface area contributed by atoms with Crippen LogP contribution in [0.3, 0.4) is 0 Å². The van der Waals surface area contributed by atoms with Crippen molar-refractivity contribution in [3.8, 4) is 0 Å². The van der Waals surface area contributed by atoms with E-state index in [1.807, 2.05) is 18.2 Å². The van der Waals surface area contributed by atoms with E-state index < -0.39 is 0 Å². The van der Waals surface area contributed by atoms with Crippen molar-refractivity contribution >= 4 is 5.91 Å². The molecule has 2 aliphatic rings. The first-order valence-corrected chi connectivity index (χ1v) is 7.97. The molecular weight excluding hydrogens is 262 g/mol. The van der Waals surface area contributed by atoms with Gasteiger partial charge in [0.05, 0.1) is 6.04 Å². The van der Waals surface area contributed by atoms with E-state index in [-0.39, 0.29) is 11.9 Å². The third kappa shape index (κ3) is 3.63. The number of carbonyl (C=O) groups excluding carboxylic acids is 1. The lowest BCUT2D eigenvalue weighted by Gasteiger charge is -2.23. The lowest BCUT2D eigenvalue weighted by molar-refractivity contribution is -0.119. The zero-order valence-corrected chi connectivity index (χ0v) is 12.7. The Labute approximate surface area is 126 Å². The fourth-order valence-electron chi connectivity index (χ4n) is 3.70. The van der Waals surface area contributed by atoms with Gasteiger partial charge in [-0.25, -0.2) is 0 Å². The van der Waals surface area contributed by atoms with Gasteiger partial charge in [0.2, 0.25) is 5.91 Å². The van der Waals surface area contributed by atoms with Crippen LogP contribution in [0, 0.1) is 11.8 Å². The summed E-state index contributed by atoms with van der Waals surface area (Å²) in [4.78, 5) is 14.0. The summed E-state index contributed by atoms with van der Waals surface area (Å²) in [5, 5.41) is 6.57. The van der Waals surface area contributed by atoms with Crippen LogP contribution in [0.4, 0.5) is 0 Å². The minimum atomic E-state index is 0.0475. The number of benzene rings is 1. The molecule has 2 heterocycles.